The van der Waals surface area contributed by atoms with Crippen LogP contribution in [0.3, 0.4) is 0 Å². The highest BCUT2D eigenvalue weighted by molar-refractivity contribution is 7.10. The SMILES string of the molecule is CCNC(=NCC1CCCN(C)C1c1cccs1)NCCCCn1ccnc1C. The Morgan fingerprint density at radius 1 is 1.34 bits per heavy atom. The number of hydrogen-bond donors (Lipinski definition) is 2. The summed E-state index contributed by atoms with van der Waals surface area (Å²) in [5, 5.41) is 9.12. The Hall–Kier alpha value is -1.86. The van der Waals surface area contributed by atoms with Gasteiger partial charge in [0, 0.05) is 49.5 Å². The number of piperidine rings is 1. The summed E-state index contributed by atoms with van der Waals surface area (Å²) in [4.78, 5) is 13.2. The third-order valence-corrected chi connectivity index (χ3v) is 6.65. The molecule has 1 aliphatic heterocycles. The summed E-state index contributed by atoms with van der Waals surface area (Å²) in [6.07, 6.45) is 8.69. The second kappa shape index (κ2) is 11.4. The molecule has 2 aromatic rings. The van der Waals surface area contributed by atoms with Gasteiger partial charge in [-0.15, -0.1) is 11.3 Å². The van der Waals surface area contributed by atoms with Gasteiger partial charge in [0.05, 0.1) is 0 Å². The molecule has 1 fully saturated rings. The van der Waals surface area contributed by atoms with Crippen LogP contribution in [0.4, 0.5) is 0 Å². The van der Waals surface area contributed by atoms with Crippen LogP contribution in [0, 0.1) is 12.8 Å². The van der Waals surface area contributed by atoms with Crippen molar-refractivity contribution in [1.29, 1.82) is 0 Å². The van der Waals surface area contributed by atoms with Crippen LogP contribution in [0.1, 0.15) is 49.4 Å². The minimum absolute atomic E-state index is 0.494. The fourth-order valence-electron chi connectivity index (χ4n) is 4.16. The van der Waals surface area contributed by atoms with E-state index in [1.807, 2.05) is 17.5 Å². The molecular formula is C22H36N6S. The van der Waals surface area contributed by atoms with E-state index in [0.29, 0.717) is 12.0 Å². The lowest BCUT2D eigenvalue weighted by Crippen LogP contribution is -2.40. The van der Waals surface area contributed by atoms with E-state index in [-0.39, 0.29) is 0 Å². The summed E-state index contributed by atoms with van der Waals surface area (Å²) in [5.74, 6) is 2.61. The number of guanidine groups is 1. The first kappa shape index (κ1) is 21.8. The summed E-state index contributed by atoms with van der Waals surface area (Å²) in [6.45, 7) is 9.09. The predicted molar refractivity (Wildman–Crippen MR) is 123 cm³/mol. The molecule has 7 heteroatoms. The van der Waals surface area contributed by atoms with E-state index in [4.69, 9.17) is 4.99 Å². The lowest BCUT2D eigenvalue weighted by Gasteiger charge is -2.38. The molecule has 1 saturated heterocycles. The molecule has 0 saturated carbocycles. The number of rotatable bonds is 9. The number of likely N-dealkylation sites (tertiary alicyclic amines) is 1. The van der Waals surface area contributed by atoms with Crippen molar-refractivity contribution in [2.75, 3.05) is 33.2 Å². The van der Waals surface area contributed by atoms with Crippen LogP contribution in [0.25, 0.3) is 0 Å². The molecule has 3 heterocycles. The average Bonchev–Trinajstić information content (AvgIpc) is 3.38. The Morgan fingerprint density at radius 3 is 2.97 bits per heavy atom. The molecule has 0 amide bonds. The van der Waals surface area contributed by atoms with Crippen LogP contribution < -0.4 is 10.6 Å². The maximum Gasteiger partial charge on any atom is 0.191 e. The van der Waals surface area contributed by atoms with Gasteiger partial charge in [0.2, 0.25) is 0 Å². The molecule has 0 spiro atoms. The molecule has 3 rings (SSSR count). The second-order valence-corrected chi connectivity index (χ2v) is 8.84. The number of thiophene rings is 1. The first-order valence-corrected chi connectivity index (χ1v) is 11.8. The average molecular weight is 417 g/mol. The first-order chi connectivity index (χ1) is 14.2. The van der Waals surface area contributed by atoms with Crippen molar-refractivity contribution in [3.8, 4) is 0 Å². The van der Waals surface area contributed by atoms with Gasteiger partial charge in [-0.1, -0.05) is 6.07 Å². The Kier molecular flexibility index (Phi) is 8.55. The van der Waals surface area contributed by atoms with Crippen molar-refractivity contribution in [3.05, 3.63) is 40.6 Å². The number of aromatic nitrogens is 2. The third kappa shape index (κ3) is 6.31. The van der Waals surface area contributed by atoms with E-state index >= 15 is 0 Å². The monoisotopic (exact) mass is 416 g/mol. The van der Waals surface area contributed by atoms with Gasteiger partial charge >= 0.3 is 0 Å². The number of hydrogen-bond acceptors (Lipinski definition) is 4. The van der Waals surface area contributed by atoms with Crippen LogP contribution in [0.15, 0.2) is 34.9 Å². The smallest absolute Gasteiger partial charge is 0.191 e. The molecule has 160 valence electrons. The molecule has 0 aromatic carbocycles. The van der Waals surface area contributed by atoms with Crippen molar-refractivity contribution < 1.29 is 0 Å². The van der Waals surface area contributed by atoms with Crippen molar-refractivity contribution >= 4 is 17.3 Å². The molecule has 2 atom stereocenters. The Balaban J connectivity index is 1.49. The van der Waals surface area contributed by atoms with Crippen LogP contribution in [-0.4, -0.2) is 53.6 Å². The van der Waals surface area contributed by atoms with Crippen LogP contribution in [0.2, 0.25) is 0 Å². The Labute approximate surface area is 179 Å². The molecule has 1 aliphatic rings. The van der Waals surface area contributed by atoms with Gasteiger partial charge in [0.25, 0.3) is 0 Å². The molecule has 0 radical (unpaired) electrons. The molecule has 0 bridgehead atoms. The Morgan fingerprint density at radius 2 is 2.24 bits per heavy atom. The predicted octanol–water partition coefficient (Wildman–Crippen LogP) is 3.67. The third-order valence-electron chi connectivity index (χ3n) is 5.71. The van der Waals surface area contributed by atoms with Gasteiger partial charge in [-0.3, -0.25) is 9.89 Å². The molecule has 2 unspecified atom stereocenters. The van der Waals surface area contributed by atoms with Crippen LogP contribution in [-0.2, 0) is 6.54 Å². The molecule has 2 N–H and O–H groups in total. The van der Waals surface area contributed by atoms with Gasteiger partial charge in [-0.25, -0.2) is 4.98 Å². The number of nitrogens with one attached hydrogen (secondary N) is 2. The molecular weight excluding hydrogens is 380 g/mol. The summed E-state index contributed by atoms with van der Waals surface area (Å²) < 4.78 is 2.21. The van der Waals surface area contributed by atoms with Crippen molar-refractivity contribution in [2.45, 2.75) is 52.1 Å². The van der Waals surface area contributed by atoms with Gasteiger partial charge in [0.1, 0.15) is 5.82 Å². The molecule has 29 heavy (non-hydrogen) atoms. The van der Waals surface area contributed by atoms with Crippen LogP contribution in [0.5, 0.6) is 0 Å². The van der Waals surface area contributed by atoms with Gasteiger partial charge in [0.15, 0.2) is 5.96 Å². The maximum atomic E-state index is 4.95. The second-order valence-electron chi connectivity index (χ2n) is 7.86. The largest absolute Gasteiger partial charge is 0.357 e. The number of aliphatic imine (C=N–C) groups is 1. The molecule has 6 nitrogen and oxygen atoms in total. The highest BCUT2D eigenvalue weighted by atomic mass is 32.1. The minimum atomic E-state index is 0.494. The Bertz CT molecular complexity index is 738. The fourth-order valence-corrected chi connectivity index (χ4v) is 5.15. The van der Waals surface area contributed by atoms with Crippen LogP contribution >= 0.6 is 11.3 Å². The standard InChI is InChI=1S/C22H36N6S/c1-4-23-22(25-11-5-6-14-28-15-12-24-18(28)2)26-17-19-9-7-13-27(3)21(19)20-10-8-16-29-20/h8,10,12,15-16,19,21H,4-7,9,11,13-14,17H2,1-3H3,(H2,23,25,26). The topological polar surface area (TPSA) is 57.5 Å². The highest BCUT2D eigenvalue weighted by Gasteiger charge is 2.31. The number of nitrogens with zero attached hydrogens (tertiary/aromatic N) is 4. The van der Waals surface area contributed by atoms with Crippen molar-refractivity contribution in [2.24, 2.45) is 10.9 Å². The van der Waals surface area contributed by atoms with Crippen molar-refractivity contribution in [3.63, 3.8) is 0 Å². The molecule has 0 aliphatic carbocycles. The van der Waals surface area contributed by atoms with E-state index in [9.17, 15) is 0 Å². The van der Waals surface area contributed by atoms with E-state index in [0.717, 1.165) is 50.8 Å². The van der Waals surface area contributed by atoms with Gasteiger partial charge < -0.3 is 15.2 Å². The zero-order valence-corrected chi connectivity index (χ0v) is 18.9. The zero-order valence-electron chi connectivity index (χ0n) is 18.1. The summed E-state index contributed by atoms with van der Waals surface area (Å²) in [5.41, 5.74) is 0. The highest BCUT2D eigenvalue weighted by Crippen LogP contribution is 2.37. The van der Waals surface area contributed by atoms with E-state index < -0.39 is 0 Å². The lowest BCUT2D eigenvalue weighted by atomic mass is 9.88. The summed E-state index contributed by atoms with van der Waals surface area (Å²) >= 11 is 1.87. The molecule has 2 aromatic heterocycles. The first-order valence-electron chi connectivity index (χ1n) is 10.9. The number of imidazole rings is 1. The fraction of sp³-hybridized carbons (Fsp3) is 0.636. The van der Waals surface area contributed by atoms with E-state index in [2.05, 4.69) is 69.7 Å². The van der Waals surface area contributed by atoms with Crippen molar-refractivity contribution in [1.82, 2.24) is 25.1 Å². The number of aryl methyl sites for hydroxylation is 2. The summed E-state index contributed by atoms with van der Waals surface area (Å²) in [7, 11) is 2.26. The minimum Gasteiger partial charge on any atom is -0.357 e. The zero-order chi connectivity index (χ0) is 20.5. The maximum absolute atomic E-state index is 4.95. The van der Waals surface area contributed by atoms with Gasteiger partial charge in [-0.2, -0.15) is 0 Å². The van der Waals surface area contributed by atoms with E-state index in [1.165, 1.54) is 24.3 Å². The van der Waals surface area contributed by atoms with Gasteiger partial charge in [-0.05, 0) is 70.5 Å². The quantitative estimate of drug-likeness (QED) is 0.372. The lowest BCUT2D eigenvalue weighted by molar-refractivity contribution is 0.128. The normalized spacial score (nSPS) is 20.7. The van der Waals surface area contributed by atoms with E-state index in [1.54, 1.807) is 0 Å². The summed E-state index contributed by atoms with van der Waals surface area (Å²) in [6, 6.07) is 4.94. The number of unbranched alkanes of at least 4 members (excludes halogenated alkanes) is 1.